The maximum Gasteiger partial charge on any atom is 1.00 e. The predicted molar refractivity (Wildman–Crippen MR) is 26.5 cm³/mol. The van der Waals surface area contributed by atoms with Crippen LogP contribution in [0, 0.1) is 6.92 Å². The van der Waals surface area contributed by atoms with E-state index in [4.69, 9.17) is 0 Å². The molecule has 0 amide bonds. The van der Waals surface area contributed by atoms with Crippen LogP contribution in [0.4, 0.5) is 0 Å². The van der Waals surface area contributed by atoms with Gasteiger partial charge in [-0.1, -0.05) is 11.9 Å². The topological polar surface area (TPSA) is 25.8 Å². The molecule has 0 saturated carbocycles. The first-order valence-corrected chi connectivity index (χ1v) is 1.97. The molecule has 0 atom stereocenters. The number of hydrogen-bond acceptors (Lipinski definition) is 2. The summed E-state index contributed by atoms with van der Waals surface area (Å²) in [5.41, 5.74) is 0.711. The van der Waals surface area contributed by atoms with Gasteiger partial charge in [-0.25, -0.2) is 6.92 Å². The van der Waals surface area contributed by atoms with Crippen molar-refractivity contribution in [3.8, 4) is 0 Å². The van der Waals surface area contributed by atoms with Crippen LogP contribution in [0.2, 0.25) is 0 Å². The van der Waals surface area contributed by atoms with Crippen LogP contribution in [0.5, 0.6) is 0 Å². The van der Waals surface area contributed by atoms with Crippen LogP contribution in [0.3, 0.4) is 0 Å². The Morgan fingerprint density at radius 3 is 2.38 bits per heavy atom. The zero-order valence-electron chi connectivity index (χ0n) is 4.83. The summed E-state index contributed by atoms with van der Waals surface area (Å²) in [5, 5.41) is 0. The Hall–Kier alpha value is -0.453. The molecule has 1 heterocycles. The molecule has 36 valence electrons. The normalized spacial score (nSPS) is 7.50. The van der Waals surface area contributed by atoms with E-state index in [2.05, 4.69) is 16.9 Å². The molecule has 0 aliphatic carbocycles. The fourth-order valence-electron chi connectivity index (χ4n) is 0.330. The van der Waals surface area contributed by atoms with E-state index in [0.717, 1.165) is 0 Å². The quantitative estimate of drug-likeness (QED) is 0.270. The molecule has 0 aliphatic rings. The van der Waals surface area contributed by atoms with Gasteiger partial charge in [-0.05, 0) is 0 Å². The zero-order valence-corrected chi connectivity index (χ0v) is 4.83. The first-order valence-electron chi connectivity index (χ1n) is 1.97. The third kappa shape index (κ3) is 2.01. The minimum absolute atomic E-state index is 0. The summed E-state index contributed by atoms with van der Waals surface area (Å²) in [5.74, 6) is 0. The Morgan fingerprint density at radius 1 is 1.38 bits per heavy atom. The Bertz CT molecular complexity index is 140. The van der Waals surface area contributed by atoms with Crippen LogP contribution in [0.25, 0.3) is 0 Å². The third-order valence-corrected chi connectivity index (χ3v) is 0.617. The summed E-state index contributed by atoms with van der Waals surface area (Å²) in [4.78, 5) is 7.56. The molecule has 0 unspecified atom stereocenters. The second-order valence-electron chi connectivity index (χ2n) is 1.20. The van der Waals surface area contributed by atoms with Crippen LogP contribution in [0.15, 0.2) is 18.6 Å². The van der Waals surface area contributed by atoms with Crippen LogP contribution in [0.1, 0.15) is 5.69 Å². The molecule has 0 radical (unpaired) electrons. The van der Waals surface area contributed by atoms with Crippen LogP contribution < -0.4 is 18.9 Å². The Balaban J connectivity index is 0.000000490. The van der Waals surface area contributed by atoms with Gasteiger partial charge >= 0.3 is 18.9 Å². The molecule has 2 nitrogen and oxygen atoms in total. The molecule has 0 aromatic carbocycles. The standard InChI is InChI=1S/C5H5N2.Li/c1-5-4-6-2-3-7-5;/h2-4H,1H2;/q-1;+1. The molecule has 0 fully saturated rings. The maximum absolute atomic E-state index is 3.81. The van der Waals surface area contributed by atoms with Crippen molar-refractivity contribution < 1.29 is 18.9 Å². The summed E-state index contributed by atoms with van der Waals surface area (Å²) in [6.45, 7) is 3.55. The summed E-state index contributed by atoms with van der Waals surface area (Å²) in [6.07, 6.45) is 4.84. The Labute approximate surface area is 60.5 Å². The van der Waals surface area contributed by atoms with Crippen molar-refractivity contribution in [2.75, 3.05) is 0 Å². The predicted octanol–water partition coefficient (Wildman–Crippen LogP) is -2.34. The summed E-state index contributed by atoms with van der Waals surface area (Å²) in [6, 6.07) is 0. The van der Waals surface area contributed by atoms with E-state index in [1.165, 1.54) is 0 Å². The van der Waals surface area contributed by atoms with Gasteiger partial charge in [-0.3, -0.25) is 4.98 Å². The van der Waals surface area contributed by atoms with Crippen molar-refractivity contribution in [1.82, 2.24) is 9.97 Å². The second-order valence-corrected chi connectivity index (χ2v) is 1.20. The van der Waals surface area contributed by atoms with E-state index in [9.17, 15) is 0 Å². The minimum Gasteiger partial charge on any atom is -0.355 e. The van der Waals surface area contributed by atoms with E-state index < -0.39 is 0 Å². The number of aromatic nitrogens is 2. The molecule has 0 spiro atoms. The van der Waals surface area contributed by atoms with Crippen molar-refractivity contribution >= 4 is 0 Å². The fraction of sp³-hybridized carbons (Fsp3) is 0. The summed E-state index contributed by atoms with van der Waals surface area (Å²) >= 11 is 0. The van der Waals surface area contributed by atoms with Gasteiger partial charge in [0.05, 0.1) is 0 Å². The van der Waals surface area contributed by atoms with Gasteiger partial charge in [0, 0.05) is 12.4 Å². The van der Waals surface area contributed by atoms with Crippen LogP contribution in [-0.4, -0.2) is 9.97 Å². The average molecular weight is 100 g/mol. The van der Waals surface area contributed by atoms with Crippen molar-refractivity contribution in [1.29, 1.82) is 0 Å². The van der Waals surface area contributed by atoms with Gasteiger partial charge in [0.2, 0.25) is 0 Å². The molecule has 1 aromatic rings. The van der Waals surface area contributed by atoms with E-state index in [-0.39, 0.29) is 18.9 Å². The van der Waals surface area contributed by atoms with Crippen molar-refractivity contribution in [2.24, 2.45) is 0 Å². The number of hydrogen-bond donors (Lipinski definition) is 0. The molecule has 0 saturated heterocycles. The van der Waals surface area contributed by atoms with E-state index >= 15 is 0 Å². The second kappa shape index (κ2) is 3.54. The average Bonchev–Trinajstić information content (AvgIpc) is 1.69. The minimum atomic E-state index is 0. The molecular formula is C5H5LiN2. The monoisotopic (exact) mass is 100 g/mol. The molecule has 0 bridgehead atoms. The van der Waals surface area contributed by atoms with Gasteiger partial charge in [0.15, 0.2) is 0 Å². The molecule has 0 aliphatic heterocycles. The van der Waals surface area contributed by atoms with Gasteiger partial charge < -0.3 is 4.98 Å². The largest absolute Gasteiger partial charge is 1.00 e. The molecular weight excluding hydrogens is 95.0 g/mol. The SMILES string of the molecule is [CH2-]c1cnccn1.[Li+]. The molecule has 1 rings (SSSR count). The third-order valence-electron chi connectivity index (χ3n) is 0.617. The van der Waals surface area contributed by atoms with E-state index in [1.54, 1.807) is 18.6 Å². The van der Waals surface area contributed by atoms with Gasteiger partial charge in [-0.2, -0.15) is 0 Å². The number of nitrogens with zero attached hydrogens (tertiary/aromatic N) is 2. The summed E-state index contributed by atoms with van der Waals surface area (Å²) in [7, 11) is 0. The van der Waals surface area contributed by atoms with E-state index in [0.29, 0.717) is 5.69 Å². The molecule has 1 aromatic heterocycles. The first kappa shape index (κ1) is 7.55. The zero-order chi connectivity index (χ0) is 5.11. The molecule has 3 heteroatoms. The van der Waals surface area contributed by atoms with Gasteiger partial charge in [0.25, 0.3) is 0 Å². The molecule has 8 heavy (non-hydrogen) atoms. The van der Waals surface area contributed by atoms with Crippen LogP contribution >= 0.6 is 0 Å². The molecule has 0 N–H and O–H groups in total. The van der Waals surface area contributed by atoms with E-state index in [1.807, 2.05) is 0 Å². The smallest absolute Gasteiger partial charge is 0.355 e. The Morgan fingerprint density at radius 2 is 2.12 bits per heavy atom. The Kier molecular flexibility index (Phi) is 3.34. The van der Waals surface area contributed by atoms with Crippen LogP contribution in [-0.2, 0) is 0 Å². The fourth-order valence-corrected chi connectivity index (χ4v) is 0.330. The van der Waals surface area contributed by atoms with Gasteiger partial charge in [0.1, 0.15) is 0 Å². The van der Waals surface area contributed by atoms with Gasteiger partial charge in [-0.15, -0.1) is 0 Å². The maximum atomic E-state index is 3.81. The van der Waals surface area contributed by atoms with Crippen molar-refractivity contribution in [3.63, 3.8) is 0 Å². The van der Waals surface area contributed by atoms with Crippen molar-refractivity contribution in [3.05, 3.63) is 31.2 Å². The number of rotatable bonds is 0. The summed E-state index contributed by atoms with van der Waals surface area (Å²) < 4.78 is 0. The van der Waals surface area contributed by atoms with Crippen molar-refractivity contribution in [2.45, 2.75) is 0 Å². The first-order chi connectivity index (χ1) is 3.39.